The highest BCUT2D eigenvalue weighted by molar-refractivity contribution is 6.08. The molecule has 3 heterocycles. The van der Waals surface area contributed by atoms with Gasteiger partial charge in [0.1, 0.15) is 5.82 Å². The van der Waals surface area contributed by atoms with E-state index in [-0.39, 0.29) is 18.3 Å². The molecule has 1 saturated carbocycles. The van der Waals surface area contributed by atoms with Gasteiger partial charge in [0.2, 0.25) is 5.91 Å². The molecule has 2 aliphatic heterocycles. The van der Waals surface area contributed by atoms with Gasteiger partial charge in [-0.05, 0) is 55.0 Å². The second-order valence-corrected chi connectivity index (χ2v) is 10.7. The average molecular weight is 473 g/mol. The number of aromatic nitrogens is 2. The van der Waals surface area contributed by atoms with Gasteiger partial charge >= 0.3 is 0 Å². The van der Waals surface area contributed by atoms with Crippen LogP contribution in [0.5, 0.6) is 0 Å². The molecule has 2 fully saturated rings. The molecule has 1 spiro atoms. The first kappa shape index (κ1) is 22.5. The molecule has 182 valence electrons. The van der Waals surface area contributed by atoms with Gasteiger partial charge in [0.25, 0.3) is 0 Å². The van der Waals surface area contributed by atoms with Crippen molar-refractivity contribution in [2.45, 2.75) is 50.5 Å². The summed E-state index contributed by atoms with van der Waals surface area (Å²) >= 11 is 0. The van der Waals surface area contributed by atoms with Crippen molar-refractivity contribution in [3.8, 4) is 11.1 Å². The van der Waals surface area contributed by atoms with E-state index in [1.807, 2.05) is 48.5 Å². The van der Waals surface area contributed by atoms with Crippen LogP contribution in [0.15, 0.2) is 54.9 Å². The van der Waals surface area contributed by atoms with Crippen molar-refractivity contribution >= 4 is 11.6 Å². The normalized spacial score (nSPS) is 22.9. The Kier molecular flexibility index (Phi) is 5.72. The van der Waals surface area contributed by atoms with Crippen LogP contribution in [0.25, 0.3) is 11.1 Å². The Hall–Kier alpha value is -2.99. The molecule has 2 aromatic carbocycles. The summed E-state index contributed by atoms with van der Waals surface area (Å²) < 4.78 is 16.9. The van der Waals surface area contributed by atoms with Crippen molar-refractivity contribution in [2.75, 3.05) is 24.5 Å². The van der Waals surface area contributed by atoms with Crippen LogP contribution in [0.1, 0.15) is 49.7 Å². The Morgan fingerprint density at radius 3 is 2.69 bits per heavy atom. The molecule has 3 aromatic rings. The van der Waals surface area contributed by atoms with Crippen molar-refractivity contribution in [1.82, 2.24) is 14.7 Å². The van der Waals surface area contributed by atoms with Crippen molar-refractivity contribution in [2.24, 2.45) is 13.0 Å². The first-order chi connectivity index (χ1) is 17.0. The van der Waals surface area contributed by atoms with Crippen molar-refractivity contribution < 1.29 is 9.18 Å². The number of hydrogen-bond acceptors (Lipinski definition) is 3. The third-order valence-corrected chi connectivity index (χ3v) is 8.37. The number of likely N-dealkylation sites (tertiary alicyclic amines) is 1. The summed E-state index contributed by atoms with van der Waals surface area (Å²) in [5.74, 6) is 0.595. The lowest BCUT2D eigenvalue weighted by Crippen LogP contribution is -2.42. The highest BCUT2D eigenvalue weighted by Gasteiger charge is 2.54. The smallest absolute Gasteiger partial charge is 0.239 e. The quantitative estimate of drug-likeness (QED) is 0.506. The highest BCUT2D eigenvalue weighted by atomic mass is 19.1. The molecular weight excluding hydrogens is 439 g/mol. The van der Waals surface area contributed by atoms with E-state index in [0.717, 1.165) is 54.4 Å². The lowest BCUT2D eigenvalue weighted by atomic mass is 9.81. The number of amides is 1. The highest BCUT2D eigenvalue weighted by Crippen LogP contribution is 2.48. The van der Waals surface area contributed by atoms with Gasteiger partial charge in [-0.15, -0.1) is 0 Å². The number of carbonyl (C=O) groups excluding carboxylic acids is 1. The molecule has 1 aliphatic carbocycles. The number of halogens is 1. The molecule has 1 amide bonds. The van der Waals surface area contributed by atoms with Gasteiger partial charge in [0, 0.05) is 43.1 Å². The summed E-state index contributed by atoms with van der Waals surface area (Å²) in [6.45, 7) is 3.08. The number of anilines is 1. The van der Waals surface area contributed by atoms with E-state index in [9.17, 15) is 4.79 Å². The lowest BCUT2D eigenvalue weighted by molar-refractivity contribution is -0.123. The molecule has 1 aromatic heterocycles. The van der Waals surface area contributed by atoms with Crippen LogP contribution in [-0.2, 0) is 23.8 Å². The standard InChI is InChI=1S/C29H33FN4O/c1-32-18-24(16-31-32)22-11-12-23(26(30)15-22)19-34-27-10-6-5-9-25(27)29(28(34)35)13-14-33(20-29)17-21-7-3-2-4-8-21/h5-6,9-12,15-16,18,21H,2-4,7-8,13-14,17,19-20H2,1H3. The molecule has 5 nitrogen and oxygen atoms in total. The van der Waals surface area contributed by atoms with Crippen molar-refractivity contribution in [1.29, 1.82) is 0 Å². The summed E-state index contributed by atoms with van der Waals surface area (Å²) in [6.07, 6.45) is 11.1. The van der Waals surface area contributed by atoms with Gasteiger partial charge in [0.15, 0.2) is 0 Å². The zero-order valence-electron chi connectivity index (χ0n) is 20.4. The van der Waals surface area contributed by atoms with Crippen LogP contribution in [-0.4, -0.2) is 40.2 Å². The number of benzene rings is 2. The van der Waals surface area contributed by atoms with E-state index in [1.165, 1.54) is 32.1 Å². The Morgan fingerprint density at radius 1 is 1.09 bits per heavy atom. The summed E-state index contributed by atoms with van der Waals surface area (Å²) in [5, 5.41) is 4.18. The number of para-hydroxylation sites is 1. The molecule has 1 saturated heterocycles. The molecule has 6 rings (SSSR count). The van der Waals surface area contributed by atoms with Gasteiger partial charge in [0.05, 0.1) is 18.2 Å². The molecule has 0 N–H and O–H groups in total. The predicted octanol–water partition coefficient (Wildman–Crippen LogP) is 5.30. The second kappa shape index (κ2) is 8.90. The monoisotopic (exact) mass is 472 g/mol. The van der Waals surface area contributed by atoms with E-state index < -0.39 is 5.41 Å². The van der Waals surface area contributed by atoms with E-state index in [2.05, 4.69) is 16.1 Å². The Balaban J connectivity index is 1.25. The molecule has 1 unspecified atom stereocenters. The first-order valence-corrected chi connectivity index (χ1v) is 12.9. The zero-order valence-corrected chi connectivity index (χ0v) is 20.4. The van der Waals surface area contributed by atoms with Crippen LogP contribution in [0.4, 0.5) is 10.1 Å². The number of hydrogen-bond donors (Lipinski definition) is 0. The molecule has 1 atom stereocenters. The Morgan fingerprint density at radius 2 is 1.91 bits per heavy atom. The molecule has 3 aliphatic rings. The largest absolute Gasteiger partial charge is 0.307 e. The first-order valence-electron chi connectivity index (χ1n) is 12.9. The fourth-order valence-corrected chi connectivity index (χ4v) is 6.52. The number of aryl methyl sites for hydroxylation is 1. The molecule has 0 bridgehead atoms. The van der Waals surface area contributed by atoms with Gasteiger partial charge < -0.3 is 9.80 Å². The summed E-state index contributed by atoms with van der Waals surface area (Å²) in [4.78, 5) is 18.3. The maximum atomic E-state index is 15.2. The van der Waals surface area contributed by atoms with Crippen LogP contribution < -0.4 is 4.90 Å². The van der Waals surface area contributed by atoms with Crippen molar-refractivity contribution in [3.05, 3.63) is 71.8 Å². The fraction of sp³-hybridized carbons (Fsp3) is 0.448. The molecule has 6 heteroatoms. The van der Waals surface area contributed by atoms with Crippen LogP contribution in [0, 0.1) is 11.7 Å². The minimum Gasteiger partial charge on any atom is -0.307 e. The summed E-state index contributed by atoms with van der Waals surface area (Å²) in [5.41, 5.74) is 3.75. The maximum Gasteiger partial charge on any atom is 0.239 e. The lowest BCUT2D eigenvalue weighted by Gasteiger charge is -2.28. The number of nitrogens with zero attached hydrogens (tertiary/aromatic N) is 4. The minimum absolute atomic E-state index is 0.126. The van der Waals surface area contributed by atoms with E-state index in [4.69, 9.17) is 0 Å². The summed E-state index contributed by atoms with van der Waals surface area (Å²) in [6, 6.07) is 13.4. The molecule has 35 heavy (non-hydrogen) atoms. The Bertz CT molecular complexity index is 1250. The van der Waals surface area contributed by atoms with Gasteiger partial charge in [-0.2, -0.15) is 5.10 Å². The minimum atomic E-state index is -0.503. The predicted molar refractivity (Wildman–Crippen MR) is 136 cm³/mol. The van der Waals surface area contributed by atoms with Gasteiger partial charge in [-0.25, -0.2) is 4.39 Å². The third kappa shape index (κ3) is 3.98. The van der Waals surface area contributed by atoms with E-state index >= 15 is 4.39 Å². The van der Waals surface area contributed by atoms with Crippen LogP contribution in [0.2, 0.25) is 0 Å². The number of fused-ring (bicyclic) bond motifs is 2. The van der Waals surface area contributed by atoms with Crippen LogP contribution in [0.3, 0.4) is 0 Å². The second-order valence-electron chi connectivity index (χ2n) is 10.7. The molecule has 0 radical (unpaired) electrons. The van der Waals surface area contributed by atoms with Crippen LogP contribution >= 0.6 is 0 Å². The fourth-order valence-electron chi connectivity index (χ4n) is 6.52. The Labute approximate surface area is 206 Å². The number of carbonyl (C=O) groups is 1. The SMILES string of the molecule is Cn1cc(-c2ccc(CN3C(=O)C4(CCN(CC5CCCCC5)C4)c4ccccc43)c(F)c2)cn1. The average Bonchev–Trinajstić information content (AvgIpc) is 3.55. The molecular formula is C29H33FN4O. The summed E-state index contributed by atoms with van der Waals surface area (Å²) in [7, 11) is 1.85. The van der Waals surface area contributed by atoms with Crippen molar-refractivity contribution in [3.63, 3.8) is 0 Å². The maximum absolute atomic E-state index is 15.2. The van der Waals surface area contributed by atoms with E-state index in [0.29, 0.717) is 5.56 Å². The van der Waals surface area contributed by atoms with Gasteiger partial charge in [-0.1, -0.05) is 49.6 Å². The number of rotatable bonds is 5. The zero-order chi connectivity index (χ0) is 24.0. The topological polar surface area (TPSA) is 41.4 Å². The third-order valence-electron chi connectivity index (χ3n) is 8.37. The van der Waals surface area contributed by atoms with Gasteiger partial charge in [-0.3, -0.25) is 9.48 Å². The van der Waals surface area contributed by atoms with E-state index in [1.54, 1.807) is 16.9 Å².